The van der Waals surface area contributed by atoms with Crippen molar-refractivity contribution in [1.29, 1.82) is 0 Å². The van der Waals surface area contributed by atoms with Crippen LogP contribution in [0.4, 0.5) is 4.79 Å². The van der Waals surface area contributed by atoms with E-state index >= 15 is 0 Å². The zero-order chi connectivity index (χ0) is 20.0. The van der Waals surface area contributed by atoms with Crippen molar-refractivity contribution in [3.05, 3.63) is 70.1 Å². The fraction of sp³-hybridized carbons (Fsp3) is 0.333. The van der Waals surface area contributed by atoms with Crippen LogP contribution in [0.2, 0.25) is 0 Å². The molecule has 1 atom stereocenters. The molecule has 144 valence electrons. The third-order valence-corrected chi connectivity index (χ3v) is 5.01. The summed E-state index contributed by atoms with van der Waals surface area (Å²) in [6, 6.07) is 16.2. The van der Waals surface area contributed by atoms with Gasteiger partial charge in [0.2, 0.25) is 0 Å². The molecule has 1 aliphatic rings. The van der Waals surface area contributed by atoms with Gasteiger partial charge >= 0.3 is 6.09 Å². The minimum atomic E-state index is -1.06. The second kappa shape index (κ2) is 8.59. The molecule has 0 heterocycles. The van der Waals surface area contributed by atoms with Gasteiger partial charge in [-0.05, 0) is 47.6 Å². The maximum absolute atomic E-state index is 12.3. The van der Waals surface area contributed by atoms with Crippen molar-refractivity contribution in [2.45, 2.75) is 31.2 Å². The third kappa shape index (κ3) is 4.15. The number of ether oxygens (including phenoxy) is 1. The molecule has 1 aliphatic carbocycles. The molecule has 2 aromatic carbocycles. The van der Waals surface area contributed by atoms with Crippen molar-refractivity contribution in [1.82, 2.24) is 5.32 Å². The van der Waals surface area contributed by atoms with Crippen molar-refractivity contribution in [3.63, 3.8) is 0 Å². The molecule has 7 nitrogen and oxygen atoms in total. The lowest BCUT2D eigenvalue weighted by Crippen LogP contribution is -2.47. The van der Waals surface area contributed by atoms with Crippen molar-refractivity contribution >= 4 is 12.4 Å². The maximum Gasteiger partial charge on any atom is 0.407 e. The zero-order valence-corrected chi connectivity index (χ0v) is 15.7. The minimum absolute atomic E-state index is 0.0365. The zero-order valence-electron chi connectivity index (χ0n) is 15.7. The summed E-state index contributed by atoms with van der Waals surface area (Å²) in [6.45, 7) is 2.08. The Kier molecular flexibility index (Phi) is 5.96. The van der Waals surface area contributed by atoms with Gasteiger partial charge in [0.05, 0.1) is 5.54 Å². The van der Waals surface area contributed by atoms with Gasteiger partial charge in [-0.2, -0.15) is 0 Å². The Hall–Kier alpha value is -3.31. The SMILES string of the molecule is C[C@@](C=O)(CCCN=[N+]=[N-])NC(=O)OCC1c2ccccc2-c2ccccc21. The Morgan fingerprint density at radius 2 is 1.82 bits per heavy atom. The number of carbonyl (C=O) groups excluding carboxylic acids is 2. The molecular weight excluding hydrogens is 356 g/mol. The van der Waals surface area contributed by atoms with Crippen LogP contribution in [0, 0.1) is 0 Å². The smallest absolute Gasteiger partial charge is 0.407 e. The lowest BCUT2D eigenvalue weighted by Gasteiger charge is -2.24. The van der Waals surface area contributed by atoms with Crippen LogP contribution in [0.15, 0.2) is 53.6 Å². The van der Waals surface area contributed by atoms with E-state index in [1.807, 2.05) is 36.4 Å². The van der Waals surface area contributed by atoms with Crippen molar-refractivity contribution in [2.24, 2.45) is 5.11 Å². The molecule has 0 bridgehead atoms. The molecular formula is C21H22N4O3. The number of rotatable bonds is 8. The van der Waals surface area contributed by atoms with Crippen LogP contribution in [-0.4, -0.2) is 31.1 Å². The third-order valence-electron chi connectivity index (χ3n) is 5.01. The Labute approximate surface area is 163 Å². The largest absolute Gasteiger partial charge is 0.449 e. The van der Waals surface area contributed by atoms with Gasteiger partial charge in [-0.3, -0.25) is 0 Å². The first kappa shape index (κ1) is 19.5. The van der Waals surface area contributed by atoms with E-state index < -0.39 is 11.6 Å². The molecule has 7 heteroatoms. The van der Waals surface area contributed by atoms with E-state index in [1.54, 1.807) is 6.92 Å². The molecule has 2 aromatic rings. The number of nitrogens with zero attached hydrogens (tertiary/aromatic N) is 3. The average molecular weight is 378 g/mol. The van der Waals surface area contributed by atoms with Crippen LogP contribution in [0.25, 0.3) is 21.6 Å². The highest BCUT2D eigenvalue weighted by atomic mass is 16.5. The highest BCUT2D eigenvalue weighted by Crippen LogP contribution is 2.44. The van der Waals surface area contributed by atoms with E-state index in [0.717, 1.165) is 22.3 Å². The van der Waals surface area contributed by atoms with Gasteiger partial charge in [-0.1, -0.05) is 53.6 Å². The normalized spacial score (nSPS) is 14.2. The molecule has 0 saturated carbocycles. The summed E-state index contributed by atoms with van der Waals surface area (Å²) < 4.78 is 5.47. The number of azide groups is 1. The number of hydrogen-bond donors (Lipinski definition) is 1. The first-order valence-electron chi connectivity index (χ1n) is 9.18. The van der Waals surface area contributed by atoms with Crippen LogP contribution in [-0.2, 0) is 9.53 Å². The summed E-state index contributed by atoms with van der Waals surface area (Å²) in [5.74, 6) is -0.0365. The van der Waals surface area contributed by atoms with E-state index in [0.29, 0.717) is 19.1 Å². The van der Waals surface area contributed by atoms with E-state index in [2.05, 4.69) is 27.5 Å². The first-order chi connectivity index (χ1) is 13.6. The van der Waals surface area contributed by atoms with E-state index in [9.17, 15) is 9.59 Å². The molecule has 0 aromatic heterocycles. The number of fused-ring (bicyclic) bond motifs is 3. The summed E-state index contributed by atoms with van der Waals surface area (Å²) in [6.07, 6.45) is 0.896. The first-order valence-corrected chi connectivity index (χ1v) is 9.18. The minimum Gasteiger partial charge on any atom is -0.449 e. The van der Waals surface area contributed by atoms with E-state index in [-0.39, 0.29) is 19.1 Å². The van der Waals surface area contributed by atoms with Crippen molar-refractivity contribution in [3.8, 4) is 11.1 Å². The Bertz CT molecular complexity index is 878. The van der Waals surface area contributed by atoms with Gasteiger partial charge in [-0.15, -0.1) is 0 Å². The van der Waals surface area contributed by atoms with Crippen LogP contribution in [0.1, 0.15) is 36.8 Å². The second-order valence-electron chi connectivity index (χ2n) is 7.04. The van der Waals surface area contributed by atoms with Gasteiger partial charge in [0.1, 0.15) is 12.9 Å². The number of nitrogens with one attached hydrogen (secondary N) is 1. The quantitative estimate of drug-likeness (QED) is 0.239. The Balaban J connectivity index is 1.64. The predicted molar refractivity (Wildman–Crippen MR) is 106 cm³/mol. The summed E-state index contributed by atoms with van der Waals surface area (Å²) in [5, 5.41) is 6.07. The summed E-state index contributed by atoms with van der Waals surface area (Å²) >= 11 is 0. The van der Waals surface area contributed by atoms with Gasteiger partial charge in [-0.25, -0.2) is 4.79 Å². The fourth-order valence-corrected chi connectivity index (χ4v) is 3.58. The van der Waals surface area contributed by atoms with Gasteiger partial charge in [0.15, 0.2) is 0 Å². The monoisotopic (exact) mass is 378 g/mol. The number of alkyl carbamates (subject to hydrolysis) is 1. The van der Waals surface area contributed by atoms with Crippen molar-refractivity contribution < 1.29 is 14.3 Å². The van der Waals surface area contributed by atoms with Crippen LogP contribution < -0.4 is 5.32 Å². The standard InChI is InChI=1S/C21H22N4O3/c1-21(14-26,11-6-12-23-25-22)24-20(27)28-13-19-17-9-4-2-7-15(17)16-8-3-5-10-18(16)19/h2-5,7-10,14,19H,6,11-13H2,1H3,(H,24,27)/t21-/m0/s1. The molecule has 1 N–H and O–H groups in total. The molecule has 28 heavy (non-hydrogen) atoms. The molecule has 0 saturated heterocycles. The van der Waals surface area contributed by atoms with Crippen molar-refractivity contribution in [2.75, 3.05) is 13.2 Å². The molecule has 0 unspecified atom stereocenters. The average Bonchev–Trinajstić information content (AvgIpc) is 3.04. The second-order valence-corrected chi connectivity index (χ2v) is 7.04. The van der Waals surface area contributed by atoms with E-state index in [1.165, 1.54) is 0 Å². The van der Waals surface area contributed by atoms with Crippen LogP contribution in [0.5, 0.6) is 0 Å². The predicted octanol–water partition coefficient (Wildman–Crippen LogP) is 4.57. The summed E-state index contributed by atoms with van der Waals surface area (Å²) in [7, 11) is 0. The Morgan fingerprint density at radius 3 is 2.39 bits per heavy atom. The molecule has 0 fully saturated rings. The molecule has 0 radical (unpaired) electrons. The highest BCUT2D eigenvalue weighted by Gasteiger charge is 2.30. The molecule has 0 aliphatic heterocycles. The van der Waals surface area contributed by atoms with Gasteiger partial charge in [0, 0.05) is 17.4 Å². The number of benzene rings is 2. The molecule has 1 amide bonds. The van der Waals surface area contributed by atoms with E-state index in [4.69, 9.17) is 10.3 Å². The number of amides is 1. The number of hydrogen-bond acceptors (Lipinski definition) is 4. The van der Waals surface area contributed by atoms with Crippen LogP contribution >= 0.6 is 0 Å². The molecule has 3 rings (SSSR count). The Morgan fingerprint density at radius 1 is 1.21 bits per heavy atom. The summed E-state index contributed by atoms with van der Waals surface area (Å²) in [5.41, 5.74) is 11.8. The van der Waals surface area contributed by atoms with Gasteiger partial charge < -0.3 is 14.8 Å². The highest BCUT2D eigenvalue weighted by molar-refractivity contribution is 5.79. The fourth-order valence-electron chi connectivity index (χ4n) is 3.58. The van der Waals surface area contributed by atoms with Crippen LogP contribution in [0.3, 0.4) is 0 Å². The maximum atomic E-state index is 12.3. The number of carbonyl (C=O) groups is 2. The number of aldehydes is 1. The lowest BCUT2D eigenvalue weighted by molar-refractivity contribution is -0.113. The topological polar surface area (TPSA) is 104 Å². The molecule has 0 spiro atoms. The summed E-state index contributed by atoms with van der Waals surface area (Å²) in [4.78, 5) is 26.4. The lowest BCUT2D eigenvalue weighted by atomic mass is 9.97. The van der Waals surface area contributed by atoms with Gasteiger partial charge in [0.25, 0.3) is 0 Å².